The van der Waals surface area contributed by atoms with Gasteiger partial charge in [-0.25, -0.2) is 4.79 Å². The molecular formula is C21H26N2O7. The zero-order chi connectivity index (χ0) is 22.3. The van der Waals surface area contributed by atoms with Gasteiger partial charge in [0, 0.05) is 30.0 Å². The molecule has 2 rings (SSSR count). The summed E-state index contributed by atoms with van der Waals surface area (Å²) >= 11 is 0. The maximum absolute atomic E-state index is 12.9. The number of benzene rings is 1. The number of Topliss-reactive ketones (excluding diaryl/α,β-unsaturated/α-hetero) is 1. The Bertz CT molecular complexity index is 934. The van der Waals surface area contributed by atoms with E-state index in [0.29, 0.717) is 29.2 Å². The molecule has 0 aliphatic heterocycles. The number of aryl methyl sites for hydroxylation is 1. The van der Waals surface area contributed by atoms with Gasteiger partial charge in [-0.1, -0.05) is 0 Å². The van der Waals surface area contributed by atoms with Crippen LogP contribution in [0.4, 0.5) is 0 Å². The third-order valence-corrected chi connectivity index (χ3v) is 4.40. The van der Waals surface area contributed by atoms with Crippen LogP contribution in [0.5, 0.6) is 11.5 Å². The van der Waals surface area contributed by atoms with Crippen LogP contribution in [0.25, 0.3) is 11.1 Å². The van der Waals surface area contributed by atoms with Crippen molar-refractivity contribution in [2.45, 2.75) is 20.3 Å². The van der Waals surface area contributed by atoms with Gasteiger partial charge in [-0.3, -0.25) is 9.59 Å². The van der Waals surface area contributed by atoms with Crippen LogP contribution in [0.3, 0.4) is 0 Å². The molecule has 1 amide bonds. The molecule has 0 aliphatic rings. The average molecular weight is 418 g/mol. The van der Waals surface area contributed by atoms with E-state index < -0.39 is 17.7 Å². The number of H-pyrrole nitrogens is 1. The Kier molecular flexibility index (Phi) is 7.99. The third kappa shape index (κ3) is 4.80. The Labute approximate surface area is 174 Å². The molecule has 30 heavy (non-hydrogen) atoms. The smallest absolute Gasteiger partial charge is 0.340 e. The molecule has 3 N–H and O–H groups in total. The maximum Gasteiger partial charge on any atom is 0.340 e. The molecule has 0 bridgehead atoms. The van der Waals surface area contributed by atoms with Crippen molar-refractivity contribution in [3.8, 4) is 22.6 Å². The summed E-state index contributed by atoms with van der Waals surface area (Å²) in [6.45, 7) is 3.46. The van der Waals surface area contributed by atoms with Crippen molar-refractivity contribution in [1.82, 2.24) is 10.3 Å². The third-order valence-electron chi connectivity index (χ3n) is 4.40. The van der Waals surface area contributed by atoms with E-state index in [4.69, 9.17) is 19.3 Å². The number of hydrogen-bond acceptors (Lipinski definition) is 7. The summed E-state index contributed by atoms with van der Waals surface area (Å²) in [6, 6.07) is 4.93. The zero-order valence-electron chi connectivity index (χ0n) is 17.5. The highest BCUT2D eigenvalue weighted by atomic mass is 16.5. The predicted molar refractivity (Wildman–Crippen MR) is 109 cm³/mol. The predicted octanol–water partition coefficient (Wildman–Crippen LogP) is 1.87. The van der Waals surface area contributed by atoms with Crippen LogP contribution in [0.15, 0.2) is 18.2 Å². The molecule has 0 aliphatic carbocycles. The highest BCUT2D eigenvalue weighted by Gasteiger charge is 2.31. The van der Waals surface area contributed by atoms with Gasteiger partial charge < -0.3 is 29.6 Å². The molecule has 0 unspecified atom stereocenters. The monoisotopic (exact) mass is 418 g/mol. The Morgan fingerprint density at radius 1 is 1.17 bits per heavy atom. The second kappa shape index (κ2) is 10.4. The molecule has 1 aromatic heterocycles. The fourth-order valence-electron chi connectivity index (χ4n) is 3.01. The van der Waals surface area contributed by atoms with E-state index in [2.05, 4.69) is 10.3 Å². The van der Waals surface area contributed by atoms with E-state index in [1.807, 2.05) is 0 Å². The van der Waals surface area contributed by atoms with Crippen molar-refractivity contribution in [3.05, 3.63) is 35.2 Å². The number of hydrogen-bond donors (Lipinski definition) is 3. The second-order valence-electron chi connectivity index (χ2n) is 6.32. The van der Waals surface area contributed by atoms with Gasteiger partial charge in [0.2, 0.25) is 0 Å². The Hall–Kier alpha value is -3.33. The van der Waals surface area contributed by atoms with Crippen LogP contribution in [0.1, 0.15) is 39.9 Å². The molecule has 0 fully saturated rings. The minimum atomic E-state index is -0.858. The SMILES string of the molecule is CCOC(=O)c1c(C)[nH]c(C(=O)C(=O)NCCCO)c1-c1cc(OC)ccc1OC. The molecular weight excluding hydrogens is 392 g/mol. The summed E-state index contributed by atoms with van der Waals surface area (Å²) < 4.78 is 15.9. The number of aliphatic hydroxyl groups is 1. The fraction of sp³-hybridized carbons (Fsp3) is 0.381. The van der Waals surface area contributed by atoms with E-state index in [1.165, 1.54) is 14.2 Å². The summed E-state index contributed by atoms with van der Waals surface area (Å²) in [5.74, 6) is -1.49. The van der Waals surface area contributed by atoms with E-state index in [0.717, 1.165) is 0 Å². The van der Waals surface area contributed by atoms with Gasteiger partial charge in [0.25, 0.3) is 11.7 Å². The van der Waals surface area contributed by atoms with Gasteiger partial charge in [0.1, 0.15) is 17.2 Å². The number of aromatic nitrogens is 1. The van der Waals surface area contributed by atoms with E-state index in [1.54, 1.807) is 32.0 Å². The lowest BCUT2D eigenvalue weighted by Crippen LogP contribution is -2.32. The van der Waals surface area contributed by atoms with Crippen molar-refractivity contribution in [2.75, 3.05) is 34.0 Å². The number of amides is 1. The summed E-state index contributed by atoms with van der Waals surface area (Å²) in [4.78, 5) is 40.8. The van der Waals surface area contributed by atoms with Gasteiger partial charge >= 0.3 is 5.97 Å². The van der Waals surface area contributed by atoms with Gasteiger partial charge in [0.05, 0.1) is 26.4 Å². The Morgan fingerprint density at radius 2 is 1.90 bits per heavy atom. The first-order valence-corrected chi connectivity index (χ1v) is 9.44. The number of carbonyl (C=O) groups is 3. The van der Waals surface area contributed by atoms with Gasteiger partial charge in [0.15, 0.2) is 0 Å². The quantitative estimate of drug-likeness (QED) is 0.233. The summed E-state index contributed by atoms with van der Waals surface area (Å²) in [6.07, 6.45) is 0.313. The molecule has 9 nitrogen and oxygen atoms in total. The normalized spacial score (nSPS) is 10.4. The molecule has 2 aromatic rings. The minimum Gasteiger partial charge on any atom is -0.497 e. The van der Waals surface area contributed by atoms with Crippen LogP contribution in [-0.2, 0) is 9.53 Å². The Morgan fingerprint density at radius 3 is 2.50 bits per heavy atom. The molecule has 9 heteroatoms. The van der Waals surface area contributed by atoms with Crippen molar-refractivity contribution in [1.29, 1.82) is 0 Å². The number of methoxy groups -OCH3 is 2. The number of rotatable bonds is 10. The summed E-state index contributed by atoms with van der Waals surface area (Å²) in [5.41, 5.74) is 1.04. The first-order chi connectivity index (χ1) is 14.4. The fourth-order valence-corrected chi connectivity index (χ4v) is 3.01. The van der Waals surface area contributed by atoms with Crippen molar-refractivity contribution in [2.24, 2.45) is 0 Å². The second-order valence-corrected chi connectivity index (χ2v) is 6.32. The Balaban J connectivity index is 2.68. The van der Waals surface area contributed by atoms with Gasteiger partial charge in [-0.05, 0) is 38.5 Å². The highest BCUT2D eigenvalue weighted by Crippen LogP contribution is 2.39. The topological polar surface area (TPSA) is 127 Å². The number of aliphatic hydroxyl groups excluding tert-OH is 1. The maximum atomic E-state index is 12.9. The van der Waals surface area contributed by atoms with E-state index >= 15 is 0 Å². The van der Waals surface area contributed by atoms with Crippen LogP contribution in [-0.4, -0.2) is 61.7 Å². The standard InChI is InChI=1S/C21H26N2O7/c1-5-30-21(27)16-12(2)23-18(19(25)20(26)22-9-6-10-24)17(16)14-11-13(28-3)7-8-15(14)29-4/h7-8,11,23-24H,5-6,9-10H2,1-4H3,(H,22,26). The molecule has 0 spiro atoms. The zero-order valence-corrected chi connectivity index (χ0v) is 17.5. The molecule has 0 radical (unpaired) electrons. The van der Waals surface area contributed by atoms with Crippen LogP contribution >= 0.6 is 0 Å². The minimum absolute atomic E-state index is 0.0661. The largest absolute Gasteiger partial charge is 0.497 e. The highest BCUT2D eigenvalue weighted by molar-refractivity contribution is 6.44. The van der Waals surface area contributed by atoms with E-state index in [-0.39, 0.29) is 36.6 Å². The summed E-state index contributed by atoms with van der Waals surface area (Å²) in [7, 11) is 2.94. The number of ether oxygens (including phenoxy) is 3. The lowest BCUT2D eigenvalue weighted by molar-refractivity contribution is -0.117. The molecule has 1 aromatic carbocycles. The van der Waals surface area contributed by atoms with Crippen LogP contribution in [0.2, 0.25) is 0 Å². The molecule has 0 saturated carbocycles. The van der Waals surface area contributed by atoms with Gasteiger partial charge in [-0.15, -0.1) is 0 Å². The van der Waals surface area contributed by atoms with Crippen LogP contribution < -0.4 is 14.8 Å². The molecule has 0 saturated heterocycles. The average Bonchev–Trinajstić information content (AvgIpc) is 3.09. The number of ketones is 1. The van der Waals surface area contributed by atoms with Crippen molar-refractivity contribution in [3.63, 3.8) is 0 Å². The number of nitrogens with one attached hydrogen (secondary N) is 2. The van der Waals surface area contributed by atoms with E-state index in [9.17, 15) is 14.4 Å². The summed E-state index contributed by atoms with van der Waals surface area (Å²) in [5, 5.41) is 11.3. The molecule has 162 valence electrons. The van der Waals surface area contributed by atoms with Gasteiger partial charge in [-0.2, -0.15) is 0 Å². The number of carbonyl (C=O) groups excluding carboxylic acids is 3. The lowest BCUT2D eigenvalue weighted by Gasteiger charge is -2.13. The van der Waals surface area contributed by atoms with Crippen molar-refractivity contribution < 1.29 is 33.7 Å². The number of aromatic amines is 1. The number of esters is 1. The molecule has 0 atom stereocenters. The first-order valence-electron chi connectivity index (χ1n) is 9.44. The van der Waals surface area contributed by atoms with Crippen molar-refractivity contribution >= 4 is 17.7 Å². The first kappa shape index (κ1) is 23.0. The van der Waals surface area contributed by atoms with Crippen LogP contribution in [0, 0.1) is 6.92 Å². The lowest BCUT2D eigenvalue weighted by atomic mass is 9.97. The molecule has 1 heterocycles.